The molecule has 1 saturated carbocycles. The third-order valence-electron chi connectivity index (χ3n) is 3.75. The molecule has 1 heterocycles. The third-order valence-corrected chi connectivity index (χ3v) is 3.75. The van der Waals surface area contributed by atoms with Crippen LogP contribution in [0.2, 0.25) is 0 Å². The summed E-state index contributed by atoms with van der Waals surface area (Å²) in [4.78, 5) is 16.3. The van der Waals surface area contributed by atoms with E-state index in [9.17, 15) is 9.90 Å². The molecule has 1 aliphatic heterocycles. The van der Waals surface area contributed by atoms with Crippen molar-refractivity contribution in [2.75, 3.05) is 32.7 Å². The second kappa shape index (κ2) is 4.94. The minimum atomic E-state index is -0.639. The second-order valence-electron chi connectivity index (χ2n) is 6.04. The maximum absolute atomic E-state index is 12.0. The molecule has 0 aromatic heterocycles. The van der Waals surface area contributed by atoms with Gasteiger partial charge < -0.3 is 10.0 Å². The summed E-state index contributed by atoms with van der Waals surface area (Å²) in [6.07, 6.45) is 3.39. The van der Waals surface area contributed by atoms with Gasteiger partial charge in [0.15, 0.2) is 0 Å². The molecule has 4 heteroatoms. The van der Waals surface area contributed by atoms with Gasteiger partial charge in [0.2, 0.25) is 5.91 Å². The summed E-state index contributed by atoms with van der Waals surface area (Å²) in [7, 11) is 0. The van der Waals surface area contributed by atoms with Crippen molar-refractivity contribution < 1.29 is 9.90 Å². The third kappa shape index (κ3) is 3.42. The predicted molar refractivity (Wildman–Crippen MR) is 66.7 cm³/mol. The van der Waals surface area contributed by atoms with E-state index in [4.69, 9.17) is 0 Å². The fourth-order valence-corrected chi connectivity index (χ4v) is 2.59. The normalized spacial score (nSPS) is 23.6. The number of β-amino-alcohol motifs (C(OH)–C–C–N with tert-alkyl or cyclic N) is 1. The summed E-state index contributed by atoms with van der Waals surface area (Å²) >= 11 is 0. The Balaban J connectivity index is 1.75. The van der Waals surface area contributed by atoms with Gasteiger partial charge in [-0.1, -0.05) is 6.42 Å². The molecule has 1 N–H and O–H groups in total. The van der Waals surface area contributed by atoms with Crippen molar-refractivity contribution >= 4 is 5.91 Å². The number of rotatable bonds is 3. The quantitative estimate of drug-likeness (QED) is 0.790. The minimum Gasteiger partial charge on any atom is -0.389 e. The molecule has 1 saturated heterocycles. The molecular weight excluding hydrogens is 216 g/mol. The zero-order valence-corrected chi connectivity index (χ0v) is 11.0. The highest BCUT2D eigenvalue weighted by Crippen LogP contribution is 2.28. The highest BCUT2D eigenvalue weighted by Gasteiger charge is 2.31. The number of piperazine rings is 1. The molecule has 2 aliphatic rings. The molecule has 17 heavy (non-hydrogen) atoms. The highest BCUT2D eigenvalue weighted by atomic mass is 16.3. The molecule has 0 radical (unpaired) electrons. The molecule has 0 unspecified atom stereocenters. The van der Waals surface area contributed by atoms with Crippen molar-refractivity contribution in [1.29, 1.82) is 0 Å². The van der Waals surface area contributed by atoms with Crippen LogP contribution in [0.4, 0.5) is 0 Å². The van der Waals surface area contributed by atoms with Crippen molar-refractivity contribution in [3.63, 3.8) is 0 Å². The van der Waals surface area contributed by atoms with Crippen LogP contribution in [-0.4, -0.2) is 59.1 Å². The Morgan fingerprint density at radius 1 is 1.24 bits per heavy atom. The van der Waals surface area contributed by atoms with E-state index in [-0.39, 0.29) is 0 Å². The van der Waals surface area contributed by atoms with E-state index in [1.165, 1.54) is 6.42 Å². The van der Waals surface area contributed by atoms with Gasteiger partial charge in [0.25, 0.3) is 0 Å². The maximum atomic E-state index is 12.0. The lowest BCUT2D eigenvalue weighted by molar-refractivity contribution is -0.140. The van der Waals surface area contributed by atoms with Crippen molar-refractivity contribution in [1.82, 2.24) is 9.80 Å². The average molecular weight is 240 g/mol. The summed E-state index contributed by atoms with van der Waals surface area (Å²) in [5.74, 6) is 0.676. The first-order valence-corrected chi connectivity index (χ1v) is 6.69. The van der Waals surface area contributed by atoms with Crippen LogP contribution < -0.4 is 0 Å². The van der Waals surface area contributed by atoms with Gasteiger partial charge in [-0.25, -0.2) is 0 Å². The molecule has 4 nitrogen and oxygen atoms in total. The molecule has 0 aromatic rings. The minimum absolute atomic E-state index is 0.316. The summed E-state index contributed by atoms with van der Waals surface area (Å²) in [6, 6.07) is 0. The van der Waals surface area contributed by atoms with Gasteiger partial charge in [0.1, 0.15) is 0 Å². The fourth-order valence-electron chi connectivity index (χ4n) is 2.59. The summed E-state index contributed by atoms with van der Waals surface area (Å²) in [5, 5.41) is 9.76. The van der Waals surface area contributed by atoms with Gasteiger partial charge in [0.05, 0.1) is 5.60 Å². The predicted octanol–water partition coefficient (Wildman–Crippen LogP) is 0.702. The number of amides is 1. The topological polar surface area (TPSA) is 43.8 Å². The van der Waals surface area contributed by atoms with E-state index in [0.29, 0.717) is 18.4 Å². The molecule has 0 atom stereocenters. The van der Waals surface area contributed by atoms with Crippen LogP contribution in [0, 0.1) is 5.92 Å². The first kappa shape index (κ1) is 12.8. The molecule has 1 aliphatic carbocycles. The Bertz CT molecular complexity index is 274. The summed E-state index contributed by atoms with van der Waals surface area (Å²) in [6.45, 7) is 7.79. The molecule has 98 valence electrons. The number of hydrogen-bond donors (Lipinski definition) is 1. The van der Waals surface area contributed by atoms with E-state index < -0.39 is 5.60 Å². The van der Waals surface area contributed by atoms with Crippen LogP contribution in [0.3, 0.4) is 0 Å². The molecule has 2 fully saturated rings. The number of carbonyl (C=O) groups is 1. The zero-order valence-electron chi connectivity index (χ0n) is 11.0. The molecule has 1 amide bonds. The smallest absolute Gasteiger partial charge is 0.225 e. The molecule has 2 rings (SSSR count). The Labute approximate surface area is 104 Å². The number of hydrogen-bond acceptors (Lipinski definition) is 3. The van der Waals surface area contributed by atoms with Crippen molar-refractivity contribution in [3.05, 3.63) is 0 Å². The van der Waals surface area contributed by atoms with E-state index >= 15 is 0 Å². The zero-order chi connectivity index (χ0) is 12.5. The highest BCUT2D eigenvalue weighted by molar-refractivity contribution is 5.79. The van der Waals surface area contributed by atoms with Crippen LogP contribution >= 0.6 is 0 Å². The summed E-state index contributed by atoms with van der Waals surface area (Å²) in [5.41, 5.74) is -0.639. The maximum Gasteiger partial charge on any atom is 0.225 e. The van der Waals surface area contributed by atoms with Crippen LogP contribution in [0.1, 0.15) is 33.1 Å². The molecule has 0 bridgehead atoms. The van der Waals surface area contributed by atoms with Gasteiger partial charge in [-0.2, -0.15) is 0 Å². The van der Waals surface area contributed by atoms with Gasteiger partial charge >= 0.3 is 0 Å². The average Bonchev–Trinajstić information content (AvgIpc) is 2.13. The van der Waals surface area contributed by atoms with Gasteiger partial charge in [-0.3, -0.25) is 9.69 Å². The second-order valence-corrected chi connectivity index (χ2v) is 6.04. The van der Waals surface area contributed by atoms with Gasteiger partial charge in [0, 0.05) is 38.6 Å². The Kier molecular flexibility index (Phi) is 3.73. The Morgan fingerprint density at radius 3 is 2.24 bits per heavy atom. The van der Waals surface area contributed by atoms with Crippen molar-refractivity contribution in [2.24, 2.45) is 5.92 Å². The lowest BCUT2D eigenvalue weighted by atomic mass is 9.84. The van der Waals surface area contributed by atoms with Gasteiger partial charge in [-0.15, -0.1) is 0 Å². The van der Waals surface area contributed by atoms with Crippen LogP contribution in [-0.2, 0) is 4.79 Å². The summed E-state index contributed by atoms with van der Waals surface area (Å²) < 4.78 is 0. The number of aliphatic hydroxyl groups is 1. The molecule has 0 spiro atoms. The SMILES string of the molecule is CC(C)(O)CN1CCN(C(=O)C2CCC2)CC1. The molecule has 0 aromatic carbocycles. The van der Waals surface area contributed by atoms with Crippen molar-refractivity contribution in [2.45, 2.75) is 38.7 Å². The first-order chi connectivity index (χ1) is 7.96. The monoisotopic (exact) mass is 240 g/mol. The first-order valence-electron chi connectivity index (χ1n) is 6.69. The largest absolute Gasteiger partial charge is 0.389 e. The van der Waals surface area contributed by atoms with E-state index in [1.54, 1.807) is 0 Å². The lowest BCUT2D eigenvalue weighted by Gasteiger charge is -2.39. The van der Waals surface area contributed by atoms with E-state index in [2.05, 4.69) is 4.90 Å². The van der Waals surface area contributed by atoms with E-state index in [0.717, 1.165) is 39.0 Å². The van der Waals surface area contributed by atoms with Gasteiger partial charge in [-0.05, 0) is 26.7 Å². The standard InChI is InChI=1S/C13H24N2O2/c1-13(2,17)10-14-6-8-15(9-7-14)12(16)11-4-3-5-11/h11,17H,3-10H2,1-2H3. The number of carbonyl (C=O) groups excluding carboxylic acids is 1. The number of nitrogens with zero attached hydrogens (tertiary/aromatic N) is 2. The Hall–Kier alpha value is -0.610. The van der Waals surface area contributed by atoms with Crippen LogP contribution in [0.25, 0.3) is 0 Å². The van der Waals surface area contributed by atoms with Crippen LogP contribution in [0.5, 0.6) is 0 Å². The molecular formula is C13H24N2O2. The van der Waals surface area contributed by atoms with Crippen LogP contribution in [0.15, 0.2) is 0 Å². The fraction of sp³-hybridized carbons (Fsp3) is 0.923. The van der Waals surface area contributed by atoms with Crippen molar-refractivity contribution in [3.8, 4) is 0 Å². The lowest BCUT2D eigenvalue weighted by Crippen LogP contribution is -2.53. The van der Waals surface area contributed by atoms with E-state index in [1.807, 2.05) is 18.7 Å². The Morgan fingerprint density at radius 2 is 1.82 bits per heavy atom.